The van der Waals surface area contributed by atoms with Gasteiger partial charge in [0.25, 0.3) is 0 Å². The smallest absolute Gasteiger partial charge is 0.305 e. The Balaban J connectivity index is 2.20. The number of methoxy groups -OCH3 is 1. The SMILES string of the molecule is COC(=O)CCCNC(C)c1ccc(C)o1. The maximum atomic E-state index is 10.9. The van der Waals surface area contributed by atoms with Crippen LogP contribution in [0, 0.1) is 6.92 Å². The molecule has 0 aliphatic carbocycles. The molecule has 1 aromatic rings. The first-order valence-corrected chi connectivity index (χ1v) is 5.50. The highest BCUT2D eigenvalue weighted by atomic mass is 16.5. The van der Waals surface area contributed by atoms with Crippen molar-refractivity contribution in [2.24, 2.45) is 0 Å². The highest BCUT2D eigenvalue weighted by molar-refractivity contribution is 5.69. The van der Waals surface area contributed by atoms with E-state index in [0.717, 1.165) is 24.5 Å². The lowest BCUT2D eigenvalue weighted by Crippen LogP contribution is -2.20. The normalized spacial score (nSPS) is 12.4. The molecular formula is C12H19NO3. The fourth-order valence-electron chi connectivity index (χ4n) is 1.44. The molecule has 0 radical (unpaired) electrons. The van der Waals surface area contributed by atoms with Crippen LogP contribution >= 0.6 is 0 Å². The predicted molar refractivity (Wildman–Crippen MR) is 61.1 cm³/mol. The largest absolute Gasteiger partial charge is 0.469 e. The van der Waals surface area contributed by atoms with Crippen LogP contribution in [-0.4, -0.2) is 19.6 Å². The number of aryl methyl sites for hydroxylation is 1. The van der Waals surface area contributed by atoms with Crippen molar-refractivity contribution in [2.45, 2.75) is 32.7 Å². The Hall–Kier alpha value is -1.29. The lowest BCUT2D eigenvalue weighted by atomic mass is 10.2. The number of esters is 1. The van der Waals surface area contributed by atoms with Crippen molar-refractivity contribution < 1.29 is 13.9 Å². The van der Waals surface area contributed by atoms with Crippen LogP contribution in [0.5, 0.6) is 0 Å². The van der Waals surface area contributed by atoms with Crippen LogP contribution in [0.1, 0.15) is 37.3 Å². The Morgan fingerprint density at radius 1 is 1.56 bits per heavy atom. The van der Waals surface area contributed by atoms with Crippen LogP contribution in [0.2, 0.25) is 0 Å². The molecule has 0 bridgehead atoms. The number of carbonyl (C=O) groups excluding carboxylic acids is 1. The Bertz CT molecular complexity index is 333. The molecular weight excluding hydrogens is 206 g/mol. The molecule has 0 saturated carbocycles. The molecule has 90 valence electrons. The predicted octanol–water partition coefficient (Wildman–Crippen LogP) is 2.19. The monoisotopic (exact) mass is 225 g/mol. The average molecular weight is 225 g/mol. The second-order valence-electron chi connectivity index (χ2n) is 3.80. The number of furan rings is 1. The van der Waals surface area contributed by atoms with Gasteiger partial charge in [-0.2, -0.15) is 0 Å². The number of hydrogen-bond donors (Lipinski definition) is 1. The minimum absolute atomic E-state index is 0.164. The van der Waals surface area contributed by atoms with Gasteiger partial charge in [-0.25, -0.2) is 0 Å². The number of carbonyl (C=O) groups is 1. The van der Waals surface area contributed by atoms with Gasteiger partial charge in [0.1, 0.15) is 11.5 Å². The van der Waals surface area contributed by atoms with E-state index in [0.29, 0.717) is 6.42 Å². The van der Waals surface area contributed by atoms with Crippen LogP contribution in [0.15, 0.2) is 16.5 Å². The third kappa shape index (κ3) is 4.06. The van der Waals surface area contributed by atoms with Crippen LogP contribution in [0.25, 0.3) is 0 Å². The van der Waals surface area contributed by atoms with Crippen LogP contribution < -0.4 is 5.32 Å². The second-order valence-corrected chi connectivity index (χ2v) is 3.80. The van der Waals surface area contributed by atoms with Crippen molar-refractivity contribution in [1.29, 1.82) is 0 Å². The van der Waals surface area contributed by atoms with Crippen molar-refractivity contribution in [3.8, 4) is 0 Å². The number of rotatable bonds is 6. The second kappa shape index (κ2) is 6.33. The molecule has 1 N–H and O–H groups in total. The zero-order chi connectivity index (χ0) is 12.0. The fourth-order valence-corrected chi connectivity index (χ4v) is 1.44. The summed E-state index contributed by atoms with van der Waals surface area (Å²) in [5, 5.41) is 3.29. The first-order valence-electron chi connectivity index (χ1n) is 5.50. The molecule has 4 heteroatoms. The van der Waals surface area contributed by atoms with E-state index in [1.54, 1.807) is 0 Å². The van der Waals surface area contributed by atoms with Gasteiger partial charge < -0.3 is 14.5 Å². The third-order valence-corrected chi connectivity index (χ3v) is 2.42. The number of nitrogens with one attached hydrogen (secondary N) is 1. The average Bonchev–Trinajstić information content (AvgIpc) is 2.70. The summed E-state index contributed by atoms with van der Waals surface area (Å²) >= 11 is 0. The van der Waals surface area contributed by atoms with E-state index in [4.69, 9.17) is 4.42 Å². The highest BCUT2D eigenvalue weighted by Crippen LogP contribution is 2.15. The maximum Gasteiger partial charge on any atom is 0.305 e. The molecule has 0 amide bonds. The fraction of sp³-hybridized carbons (Fsp3) is 0.583. The molecule has 1 aromatic heterocycles. The lowest BCUT2D eigenvalue weighted by molar-refractivity contribution is -0.140. The van der Waals surface area contributed by atoms with Gasteiger partial charge >= 0.3 is 5.97 Å². The van der Waals surface area contributed by atoms with Gasteiger partial charge in [-0.3, -0.25) is 4.79 Å². The maximum absolute atomic E-state index is 10.9. The summed E-state index contributed by atoms with van der Waals surface area (Å²) in [5.41, 5.74) is 0. The summed E-state index contributed by atoms with van der Waals surface area (Å²) in [6.07, 6.45) is 1.23. The lowest BCUT2D eigenvalue weighted by Gasteiger charge is -2.10. The summed E-state index contributed by atoms with van der Waals surface area (Å²) in [7, 11) is 1.41. The van der Waals surface area contributed by atoms with E-state index in [1.165, 1.54) is 7.11 Å². The van der Waals surface area contributed by atoms with Gasteiger partial charge in [-0.15, -0.1) is 0 Å². The van der Waals surface area contributed by atoms with Crippen molar-refractivity contribution >= 4 is 5.97 Å². The van der Waals surface area contributed by atoms with Crippen molar-refractivity contribution in [1.82, 2.24) is 5.32 Å². The molecule has 16 heavy (non-hydrogen) atoms. The zero-order valence-electron chi connectivity index (χ0n) is 10.1. The van der Waals surface area contributed by atoms with Crippen molar-refractivity contribution in [2.75, 3.05) is 13.7 Å². The van der Waals surface area contributed by atoms with Gasteiger partial charge in [0.15, 0.2) is 0 Å². The Labute approximate surface area is 96.0 Å². The van der Waals surface area contributed by atoms with Crippen LogP contribution in [0.4, 0.5) is 0 Å². The van der Waals surface area contributed by atoms with E-state index < -0.39 is 0 Å². The molecule has 4 nitrogen and oxygen atoms in total. The van der Waals surface area contributed by atoms with Gasteiger partial charge in [0, 0.05) is 6.42 Å². The van der Waals surface area contributed by atoms with E-state index in [2.05, 4.69) is 10.1 Å². The van der Waals surface area contributed by atoms with Crippen LogP contribution in [0.3, 0.4) is 0 Å². The van der Waals surface area contributed by atoms with E-state index in [1.807, 2.05) is 26.0 Å². The molecule has 0 aliphatic heterocycles. The summed E-state index contributed by atoms with van der Waals surface area (Å²) in [5.74, 6) is 1.68. The molecule has 1 unspecified atom stereocenters. The summed E-state index contributed by atoms with van der Waals surface area (Å²) in [6.45, 7) is 4.74. The molecule has 0 aromatic carbocycles. The highest BCUT2D eigenvalue weighted by Gasteiger charge is 2.08. The Kier molecular flexibility index (Phi) is 5.05. The van der Waals surface area contributed by atoms with Gasteiger partial charge in [0.2, 0.25) is 0 Å². The Morgan fingerprint density at radius 2 is 2.31 bits per heavy atom. The van der Waals surface area contributed by atoms with E-state index in [-0.39, 0.29) is 12.0 Å². The molecule has 1 atom stereocenters. The first-order chi connectivity index (χ1) is 7.63. The molecule has 0 fully saturated rings. The first kappa shape index (κ1) is 12.8. The van der Waals surface area contributed by atoms with E-state index in [9.17, 15) is 4.79 Å². The Morgan fingerprint density at radius 3 is 2.88 bits per heavy atom. The summed E-state index contributed by atoms with van der Waals surface area (Å²) in [4.78, 5) is 10.9. The number of hydrogen-bond acceptors (Lipinski definition) is 4. The summed E-state index contributed by atoms with van der Waals surface area (Å²) in [6, 6.07) is 4.08. The zero-order valence-corrected chi connectivity index (χ0v) is 10.1. The standard InChI is InChI=1S/C12H19NO3/c1-9-6-7-11(16-9)10(2)13-8-4-5-12(14)15-3/h6-7,10,13H,4-5,8H2,1-3H3. The quantitative estimate of drug-likeness (QED) is 0.595. The molecule has 0 spiro atoms. The molecule has 1 heterocycles. The third-order valence-electron chi connectivity index (χ3n) is 2.42. The minimum Gasteiger partial charge on any atom is -0.469 e. The van der Waals surface area contributed by atoms with Crippen LogP contribution in [-0.2, 0) is 9.53 Å². The topological polar surface area (TPSA) is 51.5 Å². The summed E-state index contributed by atoms with van der Waals surface area (Å²) < 4.78 is 10.1. The molecule has 0 aliphatic rings. The van der Waals surface area contributed by atoms with E-state index >= 15 is 0 Å². The van der Waals surface area contributed by atoms with Gasteiger partial charge in [-0.1, -0.05) is 0 Å². The van der Waals surface area contributed by atoms with Gasteiger partial charge in [0.05, 0.1) is 13.2 Å². The number of ether oxygens (including phenoxy) is 1. The van der Waals surface area contributed by atoms with Crippen molar-refractivity contribution in [3.63, 3.8) is 0 Å². The van der Waals surface area contributed by atoms with Gasteiger partial charge in [-0.05, 0) is 38.9 Å². The molecule has 1 rings (SSSR count). The minimum atomic E-state index is -0.164. The molecule has 0 saturated heterocycles. The van der Waals surface area contributed by atoms with Crippen molar-refractivity contribution in [3.05, 3.63) is 23.7 Å².